The molecule has 1 atom stereocenters. The fraction of sp³-hybridized carbons (Fsp3) is 0.294. The zero-order valence-corrected chi connectivity index (χ0v) is 13.4. The van der Waals surface area contributed by atoms with Crippen molar-refractivity contribution in [1.82, 2.24) is 0 Å². The summed E-state index contributed by atoms with van der Waals surface area (Å²) in [5.41, 5.74) is 8.01. The predicted molar refractivity (Wildman–Crippen MR) is 89.6 cm³/mol. The molecule has 2 aromatic carbocycles. The molecular formula is C17H21ClN2O. The lowest BCUT2D eigenvalue weighted by atomic mass is 10.1. The summed E-state index contributed by atoms with van der Waals surface area (Å²) in [4.78, 5) is 2.04. The van der Waals surface area contributed by atoms with Crippen LogP contribution < -0.4 is 15.4 Å². The third kappa shape index (κ3) is 4.38. The van der Waals surface area contributed by atoms with Crippen molar-refractivity contribution in [2.45, 2.75) is 19.4 Å². The molecule has 0 aliphatic carbocycles. The van der Waals surface area contributed by atoms with Crippen molar-refractivity contribution in [2.75, 3.05) is 19.0 Å². The maximum Gasteiger partial charge on any atom is 0.130 e. The van der Waals surface area contributed by atoms with Crippen LogP contribution in [-0.4, -0.2) is 20.1 Å². The first kappa shape index (κ1) is 15.7. The van der Waals surface area contributed by atoms with Crippen molar-refractivity contribution in [1.29, 1.82) is 0 Å². The molecule has 0 spiro atoms. The predicted octanol–water partition coefficient (Wildman–Crippen LogP) is 4.09. The summed E-state index contributed by atoms with van der Waals surface area (Å²) in [6.45, 7) is 1.97. The molecule has 0 aliphatic rings. The molecule has 21 heavy (non-hydrogen) atoms. The smallest absolute Gasteiger partial charge is 0.130 e. The zero-order chi connectivity index (χ0) is 15.4. The highest BCUT2D eigenvalue weighted by Gasteiger charge is 2.09. The van der Waals surface area contributed by atoms with E-state index in [2.05, 4.69) is 0 Å². The Hall–Kier alpha value is -1.71. The minimum Gasteiger partial charge on any atom is -0.457 e. The van der Waals surface area contributed by atoms with Gasteiger partial charge in [-0.15, -0.1) is 0 Å². The highest BCUT2D eigenvalue weighted by Crippen LogP contribution is 2.30. The Morgan fingerprint density at radius 3 is 2.62 bits per heavy atom. The van der Waals surface area contributed by atoms with Crippen molar-refractivity contribution in [2.24, 2.45) is 5.73 Å². The Morgan fingerprint density at radius 2 is 1.95 bits per heavy atom. The van der Waals surface area contributed by atoms with E-state index in [1.807, 2.05) is 68.4 Å². The molecule has 0 aromatic heterocycles. The second kappa shape index (κ2) is 6.83. The minimum atomic E-state index is 0.0546. The summed E-state index contributed by atoms with van der Waals surface area (Å²) in [5, 5.41) is 0.694. The van der Waals surface area contributed by atoms with Gasteiger partial charge < -0.3 is 15.4 Å². The van der Waals surface area contributed by atoms with E-state index in [1.54, 1.807) is 0 Å². The largest absolute Gasteiger partial charge is 0.457 e. The fourth-order valence-electron chi connectivity index (χ4n) is 2.11. The van der Waals surface area contributed by atoms with Gasteiger partial charge in [-0.3, -0.25) is 0 Å². The second-order valence-electron chi connectivity index (χ2n) is 5.43. The van der Waals surface area contributed by atoms with Gasteiger partial charge in [-0.25, -0.2) is 0 Å². The summed E-state index contributed by atoms with van der Waals surface area (Å²) in [7, 11) is 4.01. The van der Waals surface area contributed by atoms with Crippen LogP contribution in [0.4, 0.5) is 5.69 Å². The molecule has 0 saturated heterocycles. The van der Waals surface area contributed by atoms with Crippen molar-refractivity contribution in [3.63, 3.8) is 0 Å². The lowest BCUT2D eigenvalue weighted by Crippen LogP contribution is -2.18. The molecule has 2 rings (SSSR count). The van der Waals surface area contributed by atoms with Gasteiger partial charge in [0.1, 0.15) is 11.5 Å². The molecule has 0 heterocycles. The number of hydrogen-bond acceptors (Lipinski definition) is 3. The van der Waals surface area contributed by atoms with Gasteiger partial charge in [0.2, 0.25) is 0 Å². The Labute approximate surface area is 131 Å². The highest BCUT2D eigenvalue weighted by atomic mass is 35.5. The van der Waals surface area contributed by atoms with Gasteiger partial charge in [0, 0.05) is 36.9 Å². The molecule has 0 fully saturated rings. The van der Waals surface area contributed by atoms with E-state index < -0.39 is 0 Å². The topological polar surface area (TPSA) is 38.5 Å². The van der Waals surface area contributed by atoms with Crippen LogP contribution in [-0.2, 0) is 6.42 Å². The van der Waals surface area contributed by atoms with Crippen LogP contribution in [0.15, 0.2) is 42.5 Å². The van der Waals surface area contributed by atoms with Crippen LogP contribution in [0.1, 0.15) is 12.5 Å². The number of nitrogens with zero attached hydrogens (tertiary/aromatic N) is 1. The maximum atomic E-state index is 6.07. The Bertz CT molecular complexity index is 611. The van der Waals surface area contributed by atoms with Crippen molar-refractivity contribution < 1.29 is 4.74 Å². The quantitative estimate of drug-likeness (QED) is 0.904. The first-order valence-electron chi connectivity index (χ1n) is 6.95. The molecule has 0 aliphatic heterocycles. The van der Waals surface area contributed by atoms with Gasteiger partial charge >= 0.3 is 0 Å². The first-order chi connectivity index (χ1) is 9.95. The summed E-state index contributed by atoms with van der Waals surface area (Å²) >= 11 is 6.07. The van der Waals surface area contributed by atoms with Gasteiger partial charge in [-0.1, -0.05) is 17.7 Å². The number of benzene rings is 2. The minimum absolute atomic E-state index is 0.0546. The normalized spacial score (nSPS) is 12.0. The van der Waals surface area contributed by atoms with Gasteiger partial charge in [-0.2, -0.15) is 0 Å². The van der Waals surface area contributed by atoms with Gasteiger partial charge in [0.25, 0.3) is 0 Å². The zero-order valence-electron chi connectivity index (χ0n) is 12.6. The van der Waals surface area contributed by atoms with Crippen molar-refractivity contribution >= 4 is 17.3 Å². The second-order valence-corrected chi connectivity index (χ2v) is 5.86. The van der Waals surface area contributed by atoms with E-state index in [1.165, 1.54) is 0 Å². The fourth-order valence-corrected chi connectivity index (χ4v) is 2.30. The van der Waals surface area contributed by atoms with Crippen LogP contribution in [0.5, 0.6) is 11.5 Å². The number of nitrogens with two attached hydrogens (primary N) is 1. The molecule has 2 aromatic rings. The average Bonchev–Trinajstić information content (AvgIpc) is 2.41. The first-order valence-corrected chi connectivity index (χ1v) is 7.33. The van der Waals surface area contributed by atoms with Crippen molar-refractivity contribution in [3.8, 4) is 11.5 Å². The summed E-state index contributed by atoms with van der Waals surface area (Å²) in [6.07, 6.45) is 0.725. The van der Waals surface area contributed by atoms with Crippen LogP contribution >= 0.6 is 11.6 Å². The molecule has 0 saturated carbocycles. The van der Waals surface area contributed by atoms with Crippen LogP contribution in [0.2, 0.25) is 5.02 Å². The Balaban J connectivity index is 2.28. The van der Waals surface area contributed by atoms with Crippen LogP contribution in [0.25, 0.3) is 0 Å². The van der Waals surface area contributed by atoms with E-state index in [0.29, 0.717) is 5.02 Å². The number of hydrogen-bond donors (Lipinski definition) is 1. The Morgan fingerprint density at radius 1 is 1.19 bits per heavy atom. The van der Waals surface area contributed by atoms with E-state index in [4.69, 9.17) is 22.1 Å². The molecule has 4 heteroatoms. The molecule has 0 amide bonds. The molecule has 0 radical (unpaired) electrons. The molecule has 0 bridgehead atoms. The Kier molecular flexibility index (Phi) is 5.10. The summed E-state index contributed by atoms with van der Waals surface area (Å²) < 4.78 is 6.02. The van der Waals surface area contributed by atoms with Crippen molar-refractivity contribution in [3.05, 3.63) is 53.1 Å². The van der Waals surface area contributed by atoms with E-state index in [-0.39, 0.29) is 6.04 Å². The van der Waals surface area contributed by atoms with Gasteiger partial charge in [0.05, 0.1) is 0 Å². The molecule has 112 valence electrons. The average molecular weight is 305 g/mol. The SMILES string of the molecule is CC(N)Cc1cc(Cl)ccc1Oc1cccc(N(C)C)c1. The van der Waals surface area contributed by atoms with Crippen LogP contribution in [0, 0.1) is 0 Å². The standard InChI is InChI=1S/C17H21ClN2O/c1-12(19)9-13-10-14(18)7-8-17(13)21-16-6-4-5-15(11-16)20(2)3/h4-8,10-12H,9,19H2,1-3H3. The lowest BCUT2D eigenvalue weighted by molar-refractivity contribution is 0.474. The molecular weight excluding hydrogens is 284 g/mol. The lowest BCUT2D eigenvalue weighted by Gasteiger charge is -2.16. The van der Waals surface area contributed by atoms with Gasteiger partial charge in [0.15, 0.2) is 0 Å². The number of halogens is 1. The molecule has 1 unspecified atom stereocenters. The number of rotatable bonds is 5. The summed E-state index contributed by atoms with van der Waals surface area (Å²) in [6, 6.07) is 13.7. The summed E-state index contributed by atoms with van der Waals surface area (Å²) in [5.74, 6) is 1.60. The number of ether oxygens (including phenoxy) is 1. The molecule has 2 N–H and O–H groups in total. The third-order valence-electron chi connectivity index (χ3n) is 3.13. The van der Waals surface area contributed by atoms with Gasteiger partial charge in [-0.05, 0) is 49.2 Å². The maximum absolute atomic E-state index is 6.07. The van der Waals surface area contributed by atoms with E-state index in [9.17, 15) is 0 Å². The third-order valence-corrected chi connectivity index (χ3v) is 3.36. The van der Waals surface area contributed by atoms with E-state index in [0.717, 1.165) is 29.2 Å². The monoisotopic (exact) mass is 304 g/mol. The highest BCUT2D eigenvalue weighted by molar-refractivity contribution is 6.30. The van der Waals surface area contributed by atoms with Crippen LogP contribution in [0.3, 0.4) is 0 Å². The van der Waals surface area contributed by atoms with E-state index >= 15 is 0 Å². The number of anilines is 1. The molecule has 3 nitrogen and oxygen atoms in total.